The van der Waals surface area contributed by atoms with Gasteiger partial charge in [-0.3, -0.25) is 0 Å². The first kappa shape index (κ1) is 32.2. The van der Waals surface area contributed by atoms with Crippen molar-refractivity contribution >= 4 is 5.97 Å². The highest BCUT2D eigenvalue weighted by molar-refractivity contribution is 5.86. The van der Waals surface area contributed by atoms with Crippen molar-refractivity contribution in [2.45, 2.75) is 181 Å². The highest BCUT2D eigenvalue weighted by atomic mass is 16.4. The van der Waals surface area contributed by atoms with Gasteiger partial charge in [-0.1, -0.05) is 154 Å². The third-order valence-electron chi connectivity index (χ3n) is 7.27. The SMILES string of the molecule is CCCCCCCCCCCCCCC/C(CCCCCCCCCCCC)=C(/C)C(=O)O. The number of aliphatic carboxylic acids is 1. The van der Waals surface area contributed by atoms with Crippen molar-refractivity contribution in [1.82, 2.24) is 0 Å². The maximum Gasteiger partial charge on any atom is 0.331 e. The van der Waals surface area contributed by atoms with E-state index in [1.165, 1.54) is 140 Å². The molecule has 0 aliphatic rings. The summed E-state index contributed by atoms with van der Waals surface area (Å²) in [4.78, 5) is 11.5. The Bertz CT molecular complexity index is 452. The Morgan fingerprint density at radius 3 is 0.939 bits per heavy atom. The Morgan fingerprint density at radius 1 is 0.455 bits per heavy atom. The normalized spacial score (nSPS) is 12.2. The van der Waals surface area contributed by atoms with Crippen LogP contribution in [0, 0.1) is 0 Å². The molecule has 0 saturated carbocycles. The number of carbonyl (C=O) groups is 1. The Hall–Kier alpha value is -0.790. The summed E-state index contributed by atoms with van der Waals surface area (Å²) < 4.78 is 0. The Balaban J connectivity index is 3.74. The van der Waals surface area contributed by atoms with Crippen LogP contribution in [-0.2, 0) is 4.79 Å². The molecule has 0 atom stereocenters. The van der Waals surface area contributed by atoms with E-state index >= 15 is 0 Å². The van der Waals surface area contributed by atoms with Crippen molar-refractivity contribution in [3.63, 3.8) is 0 Å². The molecular weight excluding hydrogens is 404 g/mol. The van der Waals surface area contributed by atoms with Crippen LogP contribution in [0.1, 0.15) is 181 Å². The molecule has 196 valence electrons. The first-order valence-corrected chi connectivity index (χ1v) is 15.0. The van der Waals surface area contributed by atoms with E-state index < -0.39 is 5.97 Å². The second-order valence-corrected chi connectivity index (χ2v) is 10.5. The second kappa shape index (κ2) is 25.8. The first-order valence-electron chi connectivity index (χ1n) is 15.0. The summed E-state index contributed by atoms with van der Waals surface area (Å²) in [5.74, 6) is -0.716. The van der Waals surface area contributed by atoms with E-state index in [4.69, 9.17) is 0 Å². The lowest BCUT2D eigenvalue weighted by molar-refractivity contribution is -0.132. The molecule has 2 nitrogen and oxygen atoms in total. The minimum atomic E-state index is -0.716. The third-order valence-corrected chi connectivity index (χ3v) is 7.27. The van der Waals surface area contributed by atoms with Gasteiger partial charge >= 0.3 is 5.97 Å². The zero-order valence-corrected chi connectivity index (χ0v) is 23.0. The van der Waals surface area contributed by atoms with E-state index in [0.717, 1.165) is 25.7 Å². The quantitative estimate of drug-likeness (QED) is 0.102. The van der Waals surface area contributed by atoms with Gasteiger partial charge < -0.3 is 5.11 Å². The minimum Gasteiger partial charge on any atom is -0.478 e. The predicted molar refractivity (Wildman–Crippen MR) is 147 cm³/mol. The molecule has 0 radical (unpaired) electrons. The number of unbranched alkanes of at least 4 members (excludes halogenated alkanes) is 21. The number of hydrogen-bond acceptors (Lipinski definition) is 1. The number of carboxylic acid groups (broad SMARTS) is 1. The lowest BCUT2D eigenvalue weighted by Crippen LogP contribution is -2.02. The average molecular weight is 465 g/mol. The van der Waals surface area contributed by atoms with Gasteiger partial charge in [-0.2, -0.15) is 0 Å². The molecule has 0 amide bonds. The third kappa shape index (κ3) is 22.8. The maximum atomic E-state index is 11.5. The van der Waals surface area contributed by atoms with E-state index in [1.54, 1.807) is 0 Å². The second-order valence-electron chi connectivity index (χ2n) is 10.5. The molecular formula is C31H60O2. The fraction of sp³-hybridized carbons (Fsp3) is 0.903. The first-order chi connectivity index (χ1) is 16.1. The van der Waals surface area contributed by atoms with Crippen molar-refractivity contribution in [1.29, 1.82) is 0 Å². The standard InChI is InChI=1S/C31H60O2/c1-4-6-8-10-12-14-16-17-18-20-22-24-26-28-30(29(3)31(32)33)27-25-23-21-19-15-13-11-9-7-5-2/h4-28H2,1-3H3,(H,32,33)/b30-29-. The van der Waals surface area contributed by atoms with E-state index in [9.17, 15) is 9.90 Å². The van der Waals surface area contributed by atoms with E-state index in [-0.39, 0.29) is 0 Å². The zero-order valence-electron chi connectivity index (χ0n) is 23.0. The van der Waals surface area contributed by atoms with E-state index in [2.05, 4.69) is 13.8 Å². The number of allylic oxidation sites excluding steroid dienone is 1. The van der Waals surface area contributed by atoms with Gasteiger partial charge in [0.25, 0.3) is 0 Å². The number of rotatable bonds is 26. The van der Waals surface area contributed by atoms with Gasteiger partial charge in [0, 0.05) is 5.57 Å². The van der Waals surface area contributed by atoms with Crippen LogP contribution in [0.4, 0.5) is 0 Å². The van der Waals surface area contributed by atoms with Crippen LogP contribution in [0.15, 0.2) is 11.1 Å². The molecule has 33 heavy (non-hydrogen) atoms. The average Bonchev–Trinajstić information content (AvgIpc) is 2.81. The van der Waals surface area contributed by atoms with Crippen LogP contribution in [0.25, 0.3) is 0 Å². The van der Waals surface area contributed by atoms with Crippen molar-refractivity contribution in [2.24, 2.45) is 0 Å². The molecule has 0 spiro atoms. The zero-order chi connectivity index (χ0) is 24.4. The van der Waals surface area contributed by atoms with E-state index in [1.807, 2.05) is 6.92 Å². The van der Waals surface area contributed by atoms with Crippen molar-refractivity contribution in [3.8, 4) is 0 Å². The summed E-state index contributed by atoms with van der Waals surface area (Å²) >= 11 is 0. The monoisotopic (exact) mass is 464 g/mol. The van der Waals surface area contributed by atoms with E-state index in [0.29, 0.717) is 5.57 Å². The fourth-order valence-corrected chi connectivity index (χ4v) is 4.83. The number of carboxylic acids is 1. The largest absolute Gasteiger partial charge is 0.478 e. The molecule has 0 saturated heterocycles. The summed E-state index contributed by atoms with van der Waals surface area (Å²) in [6.07, 6.45) is 33.1. The molecule has 0 bridgehead atoms. The van der Waals surface area contributed by atoms with Gasteiger partial charge in [-0.05, 0) is 32.6 Å². The molecule has 0 fully saturated rings. The molecule has 0 heterocycles. The number of hydrogen-bond donors (Lipinski definition) is 1. The molecule has 0 aliphatic heterocycles. The predicted octanol–water partition coefficient (Wildman–Crippen LogP) is 11.2. The van der Waals surface area contributed by atoms with Gasteiger partial charge in [0.2, 0.25) is 0 Å². The summed E-state index contributed by atoms with van der Waals surface area (Å²) in [5, 5.41) is 9.46. The van der Waals surface area contributed by atoms with Crippen LogP contribution in [0.3, 0.4) is 0 Å². The minimum absolute atomic E-state index is 0.616. The Kier molecular flexibility index (Phi) is 25.2. The van der Waals surface area contributed by atoms with Crippen LogP contribution >= 0.6 is 0 Å². The lowest BCUT2D eigenvalue weighted by atomic mass is 9.95. The Morgan fingerprint density at radius 2 is 0.697 bits per heavy atom. The highest BCUT2D eigenvalue weighted by Gasteiger charge is 2.09. The summed E-state index contributed by atoms with van der Waals surface area (Å²) in [6, 6.07) is 0. The molecule has 0 aromatic heterocycles. The molecule has 2 heteroatoms. The van der Waals surface area contributed by atoms with Crippen LogP contribution in [-0.4, -0.2) is 11.1 Å². The van der Waals surface area contributed by atoms with Gasteiger partial charge in [-0.15, -0.1) is 0 Å². The molecule has 1 N–H and O–H groups in total. The van der Waals surface area contributed by atoms with Crippen LogP contribution < -0.4 is 0 Å². The molecule has 0 rings (SSSR count). The van der Waals surface area contributed by atoms with Crippen LogP contribution in [0.5, 0.6) is 0 Å². The van der Waals surface area contributed by atoms with Crippen molar-refractivity contribution < 1.29 is 9.90 Å². The molecule has 0 aromatic carbocycles. The lowest BCUT2D eigenvalue weighted by Gasteiger charge is -2.11. The molecule has 0 unspecified atom stereocenters. The van der Waals surface area contributed by atoms with Gasteiger partial charge in [0.1, 0.15) is 0 Å². The molecule has 0 aliphatic carbocycles. The smallest absolute Gasteiger partial charge is 0.331 e. The maximum absolute atomic E-state index is 11.5. The highest BCUT2D eigenvalue weighted by Crippen LogP contribution is 2.22. The summed E-state index contributed by atoms with van der Waals surface area (Å²) in [5.41, 5.74) is 1.83. The topological polar surface area (TPSA) is 37.3 Å². The van der Waals surface area contributed by atoms with Crippen molar-refractivity contribution in [2.75, 3.05) is 0 Å². The fourth-order valence-electron chi connectivity index (χ4n) is 4.83. The van der Waals surface area contributed by atoms with Crippen molar-refractivity contribution in [3.05, 3.63) is 11.1 Å². The van der Waals surface area contributed by atoms with Crippen LogP contribution in [0.2, 0.25) is 0 Å². The van der Waals surface area contributed by atoms with Gasteiger partial charge in [0.15, 0.2) is 0 Å². The molecule has 0 aromatic rings. The summed E-state index contributed by atoms with van der Waals surface area (Å²) in [7, 11) is 0. The Labute approximate surface area is 208 Å². The van der Waals surface area contributed by atoms with Gasteiger partial charge in [-0.25, -0.2) is 4.79 Å². The summed E-state index contributed by atoms with van der Waals surface area (Å²) in [6.45, 7) is 6.37. The van der Waals surface area contributed by atoms with Gasteiger partial charge in [0.05, 0.1) is 0 Å².